The maximum absolute atomic E-state index is 11.8. The number of ether oxygens (including phenoxy) is 1. The number of amides is 1. The van der Waals surface area contributed by atoms with Crippen molar-refractivity contribution in [1.82, 2.24) is 20.0 Å². The number of hydrogen-bond donors (Lipinski definition) is 1. The monoisotopic (exact) mass is 353 g/mol. The van der Waals surface area contributed by atoms with Crippen LogP contribution in [0, 0.1) is 0 Å². The first-order valence-electron chi connectivity index (χ1n) is 9.88. The van der Waals surface area contributed by atoms with Gasteiger partial charge in [0.05, 0.1) is 13.2 Å². The number of nitrogens with one attached hydrogen (secondary N) is 1. The number of guanidine groups is 1. The van der Waals surface area contributed by atoms with E-state index in [1.807, 2.05) is 6.92 Å². The molecule has 1 N–H and O–H groups in total. The fourth-order valence-corrected chi connectivity index (χ4v) is 3.62. The van der Waals surface area contributed by atoms with E-state index >= 15 is 0 Å². The summed E-state index contributed by atoms with van der Waals surface area (Å²) in [5, 5.41) is 3.42. The molecule has 2 saturated heterocycles. The summed E-state index contributed by atoms with van der Waals surface area (Å²) >= 11 is 0. The molecule has 144 valence electrons. The van der Waals surface area contributed by atoms with Crippen LogP contribution < -0.4 is 5.32 Å². The smallest absolute Gasteiger partial charge is 0.409 e. The van der Waals surface area contributed by atoms with Crippen molar-refractivity contribution >= 4 is 12.1 Å². The van der Waals surface area contributed by atoms with Crippen molar-refractivity contribution in [2.24, 2.45) is 4.99 Å². The predicted molar refractivity (Wildman–Crippen MR) is 101 cm³/mol. The van der Waals surface area contributed by atoms with Gasteiger partial charge in [-0.2, -0.15) is 0 Å². The number of likely N-dealkylation sites (tertiary alicyclic amines) is 1. The summed E-state index contributed by atoms with van der Waals surface area (Å²) < 4.78 is 5.09. The lowest BCUT2D eigenvalue weighted by Crippen LogP contribution is -2.54. The molecule has 0 aromatic heterocycles. The Balaban J connectivity index is 1.90. The van der Waals surface area contributed by atoms with Gasteiger partial charge in [-0.3, -0.25) is 9.89 Å². The van der Waals surface area contributed by atoms with Crippen molar-refractivity contribution in [2.75, 3.05) is 59.0 Å². The molecular weight excluding hydrogens is 318 g/mol. The van der Waals surface area contributed by atoms with Gasteiger partial charge in [0, 0.05) is 38.8 Å². The number of carbonyl (C=O) groups is 1. The summed E-state index contributed by atoms with van der Waals surface area (Å²) in [6.07, 6.45) is 3.66. The minimum Gasteiger partial charge on any atom is -0.450 e. The highest BCUT2D eigenvalue weighted by Crippen LogP contribution is 2.17. The topological polar surface area (TPSA) is 60.4 Å². The molecule has 1 amide bonds. The van der Waals surface area contributed by atoms with Crippen LogP contribution in [-0.4, -0.2) is 91.8 Å². The van der Waals surface area contributed by atoms with Gasteiger partial charge in [0.25, 0.3) is 0 Å². The van der Waals surface area contributed by atoms with Gasteiger partial charge in [0.2, 0.25) is 0 Å². The van der Waals surface area contributed by atoms with Crippen LogP contribution in [0.1, 0.15) is 40.0 Å². The molecule has 0 aromatic carbocycles. The van der Waals surface area contributed by atoms with Crippen LogP contribution in [0.15, 0.2) is 4.99 Å². The third kappa shape index (κ3) is 5.76. The Morgan fingerprint density at radius 1 is 1.08 bits per heavy atom. The maximum atomic E-state index is 11.8. The molecule has 1 atom stereocenters. The second kappa shape index (κ2) is 10.5. The van der Waals surface area contributed by atoms with Crippen molar-refractivity contribution < 1.29 is 9.53 Å². The summed E-state index contributed by atoms with van der Waals surface area (Å²) in [6, 6.07) is 0.563. The van der Waals surface area contributed by atoms with Gasteiger partial charge >= 0.3 is 6.09 Å². The zero-order valence-corrected chi connectivity index (χ0v) is 16.2. The maximum Gasteiger partial charge on any atom is 0.409 e. The van der Waals surface area contributed by atoms with Crippen LogP contribution in [-0.2, 0) is 4.74 Å². The van der Waals surface area contributed by atoms with Gasteiger partial charge in [0.15, 0.2) is 5.96 Å². The quantitative estimate of drug-likeness (QED) is 0.601. The highest BCUT2D eigenvalue weighted by atomic mass is 16.6. The molecule has 2 heterocycles. The number of piperazine rings is 1. The summed E-state index contributed by atoms with van der Waals surface area (Å²) in [4.78, 5) is 23.4. The molecule has 0 spiro atoms. The largest absolute Gasteiger partial charge is 0.450 e. The summed E-state index contributed by atoms with van der Waals surface area (Å²) in [5.41, 5.74) is 0. The third-order valence-corrected chi connectivity index (χ3v) is 5.05. The van der Waals surface area contributed by atoms with Gasteiger partial charge in [-0.25, -0.2) is 4.79 Å². The molecule has 2 aliphatic rings. The molecule has 2 rings (SSSR count). The van der Waals surface area contributed by atoms with Gasteiger partial charge in [0.1, 0.15) is 0 Å². The Hall–Kier alpha value is -1.50. The molecule has 7 nitrogen and oxygen atoms in total. The molecule has 0 aromatic rings. The van der Waals surface area contributed by atoms with E-state index in [2.05, 4.69) is 29.0 Å². The molecule has 0 saturated carbocycles. The Morgan fingerprint density at radius 2 is 1.80 bits per heavy atom. The summed E-state index contributed by atoms with van der Waals surface area (Å²) in [7, 11) is 0. The second-order valence-corrected chi connectivity index (χ2v) is 6.65. The van der Waals surface area contributed by atoms with E-state index in [1.165, 1.54) is 25.8 Å². The van der Waals surface area contributed by atoms with Gasteiger partial charge in [-0.15, -0.1) is 0 Å². The van der Waals surface area contributed by atoms with Crippen molar-refractivity contribution in [1.29, 1.82) is 0 Å². The zero-order valence-electron chi connectivity index (χ0n) is 16.2. The summed E-state index contributed by atoms with van der Waals surface area (Å²) in [6.45, 7) is 13.6. The lowest BCUT2D eigenvalue weighted by atomic mass is 10.0. The van der Waals surface area contributed by atoms with E-state index in [0.717, 1.165) is 38.7 Å². The molecule has 0 bridgehead atoms. The molecule has 2 aliphatic heterocycles. The van der Waals surface area contributed by atoms with Crippen molar-refractivity contribution in [2.45, 2.75) is 46.1 Å². The minimum absolute atomic E-state index is 0.204. The minimum atomic E-state index is -0.204. The standard InChI is InChI=1S/C18H35N5O2/c1-4-19-17(20-15-16-9-7-8-10-21(16)5-2)22-11-13-23(14-12-22)18(24)25-6-3/h16H,4-15H2,1-3H3,(H,19,20). The molecule has 2 fully saturated rings. The lowest BCUT2D eigenvalue weighted by molar-refractivity contribution is 0.0913. The number of carbonyl (C=O) groups excluding carboxylic acids is 1. The van der Waals surface area contributed by atoms with Crippen molar-refractivity contribution in [3.63, 3.8) is 0 Å². The first-order valence-corrected chi connectivity index (χ1v) is 9.88. The average molecular weight is 354 g/mol. The molecule has 25 heavy (non-hydrogen) atoms. The second-order valence-electron chi connectivity index (χ2n) is 6.65. The van der Waals surface area contributed by atoms with E-state index in [-0.39, 0.29) is 6.09 Å². The normalized spacial score (nSPS) is 22.8. The van der Waals surface area contributed by atoms with Crippen LogP contribution >= 0.6 is 0 Å². The first kappa shape index (κ1) is 19.8. The Morgan fingerprint density at radius 3 is 2.44 bits per heavy atom. The number of nitrogens with zero attached hydrogens (tertiary/aromatic N) is 4. The van der Waals surface area contributed by atoms with E-state index < -0.39 is 0 Å². The molecule has 0 aliphatic carbocycles. The highest BCUT2D eigenvalue weighted by molar-refractivity contribution is 5.80. The number of piperidine rings is 1. The van der Waals surface area contributed by atoms with E-state index in [4.69, 9.17) is 9.73 Å². The van der Waals surface area contributed by atoms with Gasteiger partial charge in [-0.1, -0.05) is 13.3 Å². The number of hydrogen-bond acceptors (Lipinski definition) is 4. The number of likely N-dealkylation sites (N-methyl/N-ethyl adjacent to an activating group) is 1. The lowest BCUT2D eigenvalue weighted by Gasteiger charge is -2.37. The van der Waals surface area contributed by atoms with E-state index in [9.17, 15) is 4.79 Å². The van der Waals surface area contributed by atoms with Crippen molar-refractivity contribution in [3.05, 3.63) is 0 Å². The molecule has 0 radical (unpaired) electrons. The average Bonchev–Trinajstić information content (AvgIpc) is 2.65. The zero-order chi connectivity index (χ0) is 18.1. The molecule has 7 heteroatoms. The van der Waals surface area contributed by atoms with Crippen LogP contribution in [0.3, 0.4) is 0 Å². The highest BCUT2D eigenvalue weighted by Gasteiger charge is 2.25. The first-order chi connectivity index (χ1) is 12.2. The van der Waals surface area contributed by atoms with Crippen LogP contribution in [0.2, 0.25) is 0 Å². The molecular formula is C18H35N5O2. The van der Waals surface area contributed by atoms with Crippen molar-refractivity contribution in [3.8, 4) is 0 Å². The fourth-order valence-electron chi connectivity index (χ4n) is 3.62. The Bertz CT molecular complexity index is 435. The van der Waals surface area contributed by atoms with Gasteiger partial charge < -0.3 is 19.9 Å². The van der Waals surface area contributed by atoms with Crippen LogP contribution in [0.4, 0.5) is 4.79 Å². The Kier molecular flexibility index (Phi) is 8.31. The van der Waals surface area contributed by atoms with Gasteiger partial charge in [-0.05, 0) is 39.8 Å². The fraction of sp³-hybridized carbons (Fsp3) is 0.889. The SMILES string of the molecule is CCNC(=NCC1CCCCN1CC)N1CCN(C(=O)OCC)CC1. The van der Waals surface area contributed by atoms with E-state index in [0.29, 0.717) is 25.7 Å². The molecule has 1 unspecified atom stereocenters. The van der Waals surface area contributed by atoms with E-state index in [1.54, 1.807) is 4.90 Å². The van der Waals surface area contributed by atoms with Crippen LogP contribution in [0.5, 0.6) is 0 Å². The number of rotatable bonds is 5. The summed E-state index contributed by atoms with van der Waals surface area (Å²) in [5.74, 6) is 0.979. The Labute approximate surface area is 152 Å². The van der Waals surface area contributed by atoms with Crippen LogP contribution in [0.25, 0.3) is 0 Å². The third-order valence-electron chi connectivity index (χ3n) is 5.05. The predicted octanol–water partition coefficient (Wildman–Crippen LogP) is 1.60. The number of aliphatic imine (C=N–C) groups is 1.